The molecule has 0 spiro atoms. The summed E-state index contributed by atoms with van der Waals surface area (Å²) < 4.78 is 0. The molecule has 0 fully saturated rings. The molecule has 0 saturated carbocycles. The van der Waals surface area contributed by atoms with Gasteiger partial charge in [-0.15, -0.1) is 0 Å². The van der Waals surface area contributed by atoms with E-state index in [1.165, 1.54) is 30.3 Å². The molecule has 0 aliphatic heterocycles. The summed E-state index contributed by atoms with van der Waals surface area (Å²) in [6.07, 6.45) is 1.25. The van der Waals surface area contributed by atoms with Gasteiger partial charge in [0, 0.05) is 24.5 Å². The molecule has 2 N–H and O–H groups in total. The van der Waals surface area contributed by atoms with Crippen LogP contribution >= 0.6 is 0 Å². The van der Waals surface area contributed by atoms with Crippen LogP contribution < -0.4 is 5.32 Å². The third-order valence-corrected chi connectivity index (χ3v) is 3.89. The number of carbonyl (C=O) groups excluding carboxylic acids is 2. The van der Waals surface area contributed by atoms with E-state index in [1.54, 1.807) is 0 Å². The van der Waals surface area contributed by atoms with Crippen LogP contribution in [0.2, 0.25) is 0 Å². The number of pyridine rings is 1. The van der Waals surface area contributed by atoms with E-state index in [0.717, 1.165) is 22.4 Å². The maximum atomic E-state index is 12.4. The standard InChI is InChI=1S/C19H21N3O4/c1-11-7-12(2)17(13(3)8-11)21-16(23)10-22(4)18(24)14-5-6-20-15(9-14)19(25)26/h5-9H,10H2,1-4H3,(H,21,23)(H,25,26). The second kappa shape index (κ2) is 7.77. The van der Waals surface area contributed by atoms with Crippen molar-refractivity contribution < 1.29 is 19.5 Å². The van der Waals surface area contributed by atoms with E-state index in [0.29, 0.717) is 0 Å². The minimum Gasteiger partial charge on any atom is -0.477 e. The number of hydrogen-bond acceptors (Lipinski definition) is 4. The number of nitrogens with zero attached hydrogens (tertiary/aromatic N) is 2. The minimum atomic E-state index is -1.22. The molecule has 2 aromatic rings. The Morgan fingerprint density at radius 2 is 1.73 bits per heavy atom. The van der Waals surface area contributed by atoms with Crippen molar-refractivity contribution in [1.82, 2.24) is 9.88 Å². The molecule has 2 rings (SSSR count). The smallest absolute Gasteiger partial charge is 0.354 e. The number of benzene rings is 1. The topological polar surface area (TPSA) is 99.6 Å². The SMILES string of the molecule is Cc1cc(C)c(NC(=O)CN(C)C(=O)c2ccnc(C(=O)O)c2)c(C)c1. The molecule has 1 heterocycles. The second-order valence-corrected chi connectivity index (χ2v) is 6.22. The number of amides is 2. The van der Waals surface area contributed by atoms with Gasteiger partial charge in [-0.2, -0.15) is 0 Å². The van der Waals surface area contributed by atoms with Crippen LogP contribution in [0.5, 0.6) is 0 Å². The molecule has 1 aromatic carbocycles. The number of rotatable bonds is 5. The summed E-state index contributed by atoms with van der Waals surface area (Å²) in [4.78, 5) is 40.6. The Morgan fingerprint density at radius 1 is 1.12 bits per heavy atom. The Hall–Kier alpha value is -3.22. The van der Waals surface area contributed by atoms with Gasteiger partial charge in [0.05, 0.1) is 6.54 Å². The summed E-state index contributed by atoms with van der Waals surface area (Å²) in [5.74, 6) is -2.00. The lowest BCUT2D eigenvalue weighted by Crippen LogP contribution is -2.35. The van der Waals surface area contributed by atoms with Gasteiger partial charge in [-0.1, -0.05) is 17.7 Å². The van der Waals surface area contributed by atoms with Crippen LogP contribution in [0, 0.1) is 20.8 Å². The van der Waals surface area contributed by atoms with Crippen molar-refractivity contribution in [3.63, 3.8) is 0 Å². The average molecular weight is 355 g/mol. The quantitative estimate of drug-likeness (QED) is 0.858. The largest absolute Gasteiger partial charge is 0.477 e. The third-order valence-electron chi connectivity index (χ3n) is 3.89. The van der Waals surface area contributed by atoms with Crippen LogP contribution in [-0.2, 0) is 4.79 Å². The van der Waals surface area contributed by atoms with E-state index < -0.39 is 11.9 Å². The summed E-state index contributed by atoms with van der Waals surface area (Å²) in [7, 11) is 1.48. The highest BCUT2D eigenvalue weighted by atomic mass is 16.4. The van der Waals surface area contributed by atoms with Crippen molar-refractivity contribution in [3.05, 3.63) is 58.4 Å². The highest BCUT2D eigenvalue weighted by molar-refractivity contribution is 6.00. The summed E-state index contributed by atoms with van der Waals surface area (Å²) >= 11 is 0. The molecular formula is C19H21N3O4. The Morgan fingerprint density at radius 3 is 2.31 bits per heavy atom. The number of likely N-dealkylation sites (N-methyl/N-ethyl adjacent to an activating group) is 1. The van der Waals surface area contributed by atoms with E-state index in [9.17, 15) is 14.4 Å². The molecule has 0 bridgehead atoms. The molecule has 0 aliphatic carbocycles. The van der Waals surface area contributed by atoms with Gasteiger partial charge >= 0.3 is 5.97 Å². The van der Waals surface area contributed by atoms with E-state index in [4.69, 9.17) is 5.11 Å². The third kappa shape index (κ3) is 4.44. The number of anilines is 1. The van der Waals surface area contributed by atoms with Gasteiger partial charge in [0.25, 0.3) is 5.91 Å². The number of aromatic nitrogens is 1. The molecule has 26 heavy (non-hydrogen) atoms. The molecular weight excluding hydrogens is 334 g/mol. The van der Waals surface area contributed by atoms with Crippen molar-refractivity contribution in [2.45, 2.75) is 20.8 Å². The van der Waals surface area contributed by atoms with Crippen LogP contribution in [0.1, 0.15) is 37.5 Å². The van der Waals surface area contributed by atoms with Crippen LogP contribution in [0.25, 0.3) is 0 Å². The Bertz CT molecular complexity index is 854. The van der Waals surface area contributed by atoms with Crippen LogP contribution in [0.4, 0.5) is 5.69 Å². The predicted molar refractivity (Wildman–Crippen MR) is 97.4 cm³/mol. The van der Waals surface area contributed by atoms with Crippen molar-refractivity contribution >= 4 is 23.5 Å². The van der Waals surface area contributed by atoms with Gasteiger partial charge in [0.1, 0.15) is 5.69 Å². The average Bonchev–Trinajstić information content (AvgIpc) is 2.57. The van der Waals surface area contributed by atoms with Gasteiger partial charge in [-0.05, 0) is 44.0 Å². The van der Waals surface area contributed by atoms with Crippen molar-refractivity contribution in [3.8, 4) is 0 Å². The normalized spacial score (nSPS) is 10.3. The first-order valence-electron chi connectivity index (χ1n) is 8.01. The fourth-order valence-corrected chi connectivity index (χ4v) is 2.74. The predicted octanol–water partition coefficient (Wildman–Crippen LogP) is 2.42. The zero-order chi connectivity index (χ0) is 19.4. The number of hydrogen-bond donors (Lipinski definition) is 2. The second-order valence-electron chi connectivity index (χ2n) is 6.22. The van der Waals surface area contributed by atoms with E-state index >= 15 is 0 Å². The summed E-state index contributed by atoms with van der Waals surface area (Å²) in [5.41, 5.74) is 3.68. The van der Waals surface area contributed by atoms with Gasteiger partial charge in [-0.25, -0.2) is 9.78 Å². The highest BCUT2D eigenvalue weighted by Gasteiger charge is 2.18. The fourth-order valence-electron chi connectivity index (χ4n) is 2.74. The van der Waals surface area contributed by atoms with Crippen molar-refractivity contribution in [2.24, 2.45) is 0 Å². The number of carboxylic acids is 1. The number of aromatic carboxylic acids is 1. The molecule has 2 amide bonds. The molecule has 0 radical (unpaired) electrons. The fraction of sp³-hybridized carbons (Fsp3) is 0.263. The Balaban J connectivity index is 2.08. The van der Waals surface area contributed by atoms with Crippen molar-refractivity contribution in [2.75, 3.05) is 18.9 Å². The number of aryl methyl sites for hydroxylation is 3. The van der Waals surface area contributed by atoms with E-state index in [-0.39, 0.29) is 23.7 Å². The molecule has 1 aromatic heterocycles. The maximum Gasteiger partial charge on any atom is 0.354 e. The van der Waals surface area contributed by atoms with Crippen molar-refractivity contribution in [1.29, 1.82) is 0 Å². The lowest BCUT2D eigenvalue weighted by atomic mass is 10.1. The Kier molecular flexibility index (Phi) is 5.71. The molecule has 0 saturated heterocycles. The maximum absolute atomic E-state index is 12.4. The van der Waals surface area contributed by atoms with Gasteiger partial charge in [0.2, 0.25) is 5.91 Å². The van der Waals surface area contributed by atoms with Crippen LogP contribution in [0.15, 0.2) is 30.5 Å². The highest BCUT2D eigenvalue weighted by Crippen LogP contribution is 2.21. The zero-order valence-corrected chi connectivity index (χ0v) is 15.2. The summed E-state index contributed by atoms with van der Waals surface area (Å²) in [5, 5.41) is 11.8. The first kappa shape index (κ1) is 19.1. The monoisotopic (exact) mass is 355 g/mol. The van der Waals surface area contributed by atoms with Crippen LogP contribution in [0.3, 0.4) is 0 Å². The van der Waals surface area contributed by atoms with E-state index in [2.05, 4.69) is 10.3 Å². The van der Waals surface area contributed by atoms with Gasteiger partial charge in [0.15, 0.2) is 0 Å². The number of carboxylic acid groups (broad SMARTS) is 1. The molecule has 0 atom stereocenters. The molecule has 7 nitrogen and oxygen atoms in total. The molecule has 7 heteroatoms. The first-order valence-corrected chi connectivity index (χ1v) is 8.01. The molecule has 0 aliphatic rings. The number of carbonyl (C=O) groups is 3. The van der Waals surface area contributed by atoms with Crippen LogP contribution in [-0.4, -0.2) is 46.4 Å². The molecule has 0 unspecified atom stereocenters. The van der Waals surface area contributed by atoms with Gasteiger partial charge < -0.3 is 15.3 Å². The zero-order valence-electron chi connectivity index (χ0n) is 15.2. The first-order chi connectivity index (χ1) is 12.2. The summed E-state index contributed by atoms with van der Waals surface area (Å²) in [6, 6.07) is 6.55. The summed E-state index contributed by atoms with van der Waals surface area (Å²) in [6.45, 7) is 5.65. The lowest BCUT2D eigenvalue weighted by Gasteiger charge is -2.18. The number of nitrogens with one attached hydrogen (secondary N) is 1. The molecule has 136 valence electrons. The minimum absolute atomic E-state index is 0.156. The Labute approximate surface area is 151 Å². The van der Waals surface area contributed by atoms with E-state index in [1.807, 2.05) is 32.9 Å². The van der Waals surface area contributed by atoms with Gasteiger partial charge in [-0.3, -0.25) is 9.59 Å². The lowest BCUT2D eigenvalue weighted by molar-refractivity contribution is -0.116.